The van der Waals surface area contributed by atoms with Crippen molar-refractivity contribution in [1.82, 2.24) is 14.9 Å². The van der Waals surface area contributed by atoms with E-state index in [0.717, 1.165) is 16.9 Å². The molecule has 0 atom stereocenters. The molecular weight excluding hydrogens is 242 g/mol. The number of H-pyrrole nitrogens is 1. The van der Waals surface area contributed by atoms with Gasteiger partial charge in [-0.25, -0.2) is 4.98 Å². The van der Waals surface area contributed by atoms with E-state index in [2.05, 4.69) is 9.97 Å². The number of benzene rings is 1. The van der Waals surface area contributed by atoms with Crippen molar-refractivity contribution in [2.45, 2.75) is 19.8 Å². The quantitative estimate of drug-likeness (QED) is 0.824. The summed E-state index contributed by atoms with van der Waals surface area (Å²) in [6.45, 7) is 2.94. The average Bonchev–Trinajstić information content (AvgIpc) is 2.85. The van der Waals surface area contributed by atoms with E-state index in [0.29, 0.717) is 25.9 Å². The van der Waals surface area contributed by atoms with Crippen LogP contribution < -0.4 is 0 Å². The van der Waals surface area contributed by atoms with Gasteiger partial charge in [-0.3, -0.25) is 4.79 Å². The number of hydrogen-bond donors (Lipinski definition) is 2. The van der Waals surface area contributed by atoms with Crippen LogP contribution in [0.4, 0.5) is 0 Å². The van der Waals surface area contributed by atoms with E-state index in [1.165, 1.54) is 0 Å². The predicted octanol–water partition coefficient (Wildman–Crippen LogP) is 1.34. The van der Waals surface area contributed by atoms with Gasteiger partial charge in [0.15, 0.2) is 0 Å². The number of carbonyl (C=O) groups is 1. The summed E-state index contributed by atoms with van der Waals surface area (Å²) < 4.78 is 0. The molecule has 2 N–H and O–H groups in total. The molecule has 1 heterocycles. The van der Waals surface area contributed by atoms with Gasteiger partial charge in [-0.1, -0.05) is 12.1 Å². The first kappa shape index (κ1) is 13.5. The van der Waals surface area contributed by atoms with Crippen LogP contribution in [0.25, 0.3) is 11.0 Å². The third-order valence-electron chi connectivity index (χ3n) is 3.12. The second-order valence-electron chi connectivity index (χ2n) is 4.40. The minimum atomic E-state index is 0.00418. The monoisotopic (exact) mass is 261 g/mol. The normalized spacial score (nSPS) is 10.8. The fourth-order valence-corrected chi connectivity index (χ4v) is 2.09. The standard InChI is InChI=1S/C14H19N3O2/c1-2-17(9-10-18)14(19)8-7-13-15-11-5-3-4-6-12(11)16-13/h3-6,18H,2,7-10H2,1H3,(H,15,16). The van der Waals surface area contributed by atoms with Crippen molar-refractivity contribution < 1.29 is 9.90 Å². The van der Waals surface area contributed by atoms with E-state index < -0.39 is 0 Å². The number of nitrogens with zero attached hydrogens (tertiary/aromatic N) is 2. The molecule has 0 aliphatic carbocycles. The summed E-state index contributed by atoms with van der Waals surface area (Å²) in [5.74, 6) is 0.881. The van der Waals surface area contributed by atoms with Crippen molar-refractivity contribution in [3.8, 4) is 0 Å². The Morgan fingerprint density at radius 3 is 2.89 bits per heavy atom. The van der Waals surface area contributed by atoms with Gasteiger partial charge in [-0.05, 0) is 19.1 Å². The van der Waals surface area contributed by atoms with Gasteiger partial charge in [0.2, 0.25) is 5.91 Å². The van der Waals surface area contributed by atoms with E-state index >= 15 is 0 Å². The summed E-state index contributed by atoms with van der Waals surface area (Å²) in [4.78, 5) is 21.2. The molecule has 0 spiro atoms. The summed E-state index contributed by atoms with van der Waals surface area (Å²) in [7, 11) is 0. The van der Waals surface area contributed by atoms with Crippen molar-refractivity contribution in [2.24, 2.45) is 0 Å². The van der Waals surface area contributed by atoms with Crippen LogP contribution in [0.3, 0.4) is 0 Å². The van der Waals surface area contributed by atoms with Crippen LogP contribution in [0.5, 0.6) is 0 Å². The lowest BCUT2D eigenvalue weighted by Gasteiger charge is -2.19. The number of aromatic nitrogens is 2. The first-order chi connectivity index (χ1) is 9.24. The van der Waals surface area contributed by atoms with Crippen LogP contribution in [-0.2, 0) is 11.2 Å². The van der Waals surface area contributed by atoms with E-state index in [1.807, 2.05) is 31.2 Å². The summed E-state index contributed by atoms with van der Waals surface area (Å²) in [6, 6.07) is 7.81. The van der Waals surface area contributed by atoms with E-state index in [1.54, 1.807) is 4.90 Å². The number of carbonyl (C=O) groups excluding carboxylic acids is 1. The van der Waals surface area contributed by atoms with Crippen LogP contribution in [0, 0.1) is 0 Å². The molecule has 1 amide bonds. The highest BCUT2D eigenvalue weighted by Gasteiger charge is 2.12. The minimum Gasteiger partial charge on any atom is -0.395 e. The van der Waals surface area contributed by atoms with Gasteiger partial charge in [-0.15, -0.1) is 0 Å². The van der Waals surface area contributed by atoms with Crippen LogP contribution in [0.15, 0.2) is 24.3 Å². The number of amides is 1. The second-order valence-corrected chi connectivity index (χ2v) is 4.40. The van der Waals surface area contributed by atoms with E-state index in [4.69, 9.17) is 5.11 Å². The molecule has 5 heteroatoms. The molecule has 102 valence electrons. The fourth-order valence-electron chi connectivity index (χ4n) is 2.09. The zero-order valence-electron chi connectivity index (χ0n) is 11.1. The summed E-state index contributed by atoms with van der Waals surface area (Å²) >= 11 is 0. The van der Waals surface area contributed by atoms with Crippen LogP contribution in [0.2, 0.25) is 0 Å². The third kappa shape index (κ3) is 3.32. The number of hydrogen-bond acceptors (Lipinski definition) is 3. The molecule has 0 saturated carbocycles. The lowest BCUT2D eigenvalue weighted by molar-refractivity contribution is -0.131. The van der Waals surface area contributed by atoms with Crippen molar-refractivity contribution in [1.29, 1.82) is 0 Å². The Bertz CT molecular complexity index is 517. The molecule has 1 aromatic heterocycles. The summed E-state index contributed by atoms with van der Waals surface area (Å²) in [5, 5.41) is 8.88. The Morgan fingerprint density at radius 2 is 2.21 bits per heavy atom. The number of likely N-dealkylation sites (N-methyl/N-ethyl adjacent to an activating group) is 1. The molecule has 2 aromatic rings. The smallest absolute Gasteiger partial charge is 0.223 e. The predicted molar refractivity (Wildman–Crippen MR) is 73.8 cm³/mol. The lowest BCUT2D eigenvalue weighted by atomic mass is 10.2. The second kappa shape index (κ2) is 6.33. The number of para-hydroxylation sites is 2. The molecule has 2 rings (SSSR count). The van der Waals surface area contributed by atoms with Gasteiger partial charge >= 0.3 is 0 Å². The first-order valence-electron chi connectivity index (χ1n) is 6.57. The van der Waals surface area contributed by atoms with Gasteiger partial charge in [0.25, 0.3) is 0 Å². The number of aliphatic hydroxyl groups excluding tert-OH is 1. The third-order valence-corrected chi connectivity index (χ3v) is 3.12. The number of nitrogens with one attached hydrogen (secondary N) is 1. The number of aryl methyl sites for hydroxylation is 1. The van der Waals surface area contributed by atoms with Gasteiger partial charge in [0, 0.05) is 25.9 Å². The molecule has 0 aliphatic rings. The average molecular weight is 261 g/mol. The highest BCUT2D eigenvalue weighted by molar-refractivity contribution is 5.77. The minimum absolute atomic E-state index is 0.00418. The van der Waals surface area contributed by atoms with Crippen molar-refractivity contribution in [2.75, 3.05) is 19.7 Å². The van der Waals surface area contributed by atoms with Crippen LogP contribution in [-0.4, -0.2) is 45.6 Å². The SMILES string of the molecule is CCN(CCO)C(=O)CCc1nc2ccccc2[nH]1. The van der Waals surface area contributed by atoms with Crippen LogP contribution in [0.1, 0.15) is 19.2 Å². The molecule has 0 saturated heterocycles. The molecule has 0 radical (unpaired) electrons. The van der Waals surface area contributed by atoms with Gasteiger partial charge in [0.05, 0.1) is 17.6 Å². The zero-order chi connectivity index (χ0) is 13.7. The highest BCUT2D eigenvalue weighted by Crippen LogP contribution is 2.11. The highest BCUT2D eigenvalue weighted by atomic mass is 16.3. The largest absolute Gasteiger partial charge is 0.395 e. The van der Waals surface area contributed by atoms with Crippen molar-refractivity contribution >= 4 is 16.9 Å². The number of aromatic amines is 1. The topological polar surface area (TPSA) is 69.2 Å². The zero-order valence-corrected chi connectivity index (χ0v) is 11.1. The maximum Gasteiger partial charge on any atom is 0.223 e. The summed E-state index contributed by atoms with van der Waals surface area (Å²) in [5.41, 5.74) is 1.92. The fraction of sp³-hybridized carbons (Fsp3) is 0.429. The number of aliphatic hydroxyl groups is 1. The molecule has 0 bridgehead atoms. The Kier molecular flexibility index (Phi) is 4.52. The lowest BCUT2D eigenvalue weighted by Crippen LogP contribution is -2.33. The Morgan fingerprint density at radius 1 is 1.42 bits per heavy atom. The van der Waals surface area contributed by atoms with Gasteiger partial charge in [0.1, 0.15) is 5.82 Å². The molecule has 19 heavy (non-hydrogen) atoms. The molecular formula is C14H19N3O2. The van der Waals surface area contributed by atoms with Gasteiger partial charge < -0.3 is 15.0 Å². The van der Waals surface area contributed by atoms with Crippen LogP contribution >= 0.6 is 0 Å². The number of rotatable bonds is 6. The maximum atomic E-state index is 11.9. The maximum absolute atomic E-state index is 11.9. The first-order valence-corrected chi connectivity index (χ1v) is 6.57. The van der Waals surface area contributed by atoms with Crippen molar-refractivity contribution in [3.63, 3.8) is 0 Å². The molecule has 0 fully saturated rings. The molecule has 1 aromatic carbocycles. The van der Waals surface area contributed by atoms with E-state index in [-0.39, 0.29) is 12.5 Å². The molecule has 0 unspecified atom stereocenters. The molecule has 0 aliphatic heterocycles. The van der Waals surface area contributed by atoms with E-state index in [9.17, 15) is 4.79 Å². The number of imidazole rings is 1. The summed E-state index contributed by atoms with van der Waals surface area (Å²) in [6.07, 6.45) is 1.00. The van der Waals surface area contributed by atoms with Crippen molar-refractivity contribution in [3.05, 3.63) is 30.1 Å². The Labute approximate surface area is 112 Å². The number of fused-ring (bicyclic) bond motifs is 1. The Balaban J connectivity index is 1.96. The molecule has 5 nitrogen and oxygen atoms in total. The van der Waals surface area contributed by atoms with Gasteiger partial charge in [-0.2, -0.15) is 0 Å². The Hall–Kier alpha value is -1.88.